The van der Waals surface area contributed by atoms with Crippen LogP contribution in [0, 0.1) is 10.7 Å². The van der Waals surface area contributed by atoms with Crippen LogP contribution in [-0.4, -0.2) is 26.8 Å². The summed E-state index contributed by atoms with van der Waals surface area (Å²) >= 11 is 6.79. The first-order valence-electron chi connectivity index (χ1n) is 10.7. The Labute approximate surface area is 218 Å². The van der Waals surface area contributed by atoms with Gasteiger partial charge < -0.3 is 10.6 Å². The molecule has 0 radical (unpaired) electrons. The molecule has 7 nitrogen and oxygen atoms in total. The van der Waals surface area contributed by atoms with E-state index < -0.39 is 11.1 Å². The van der Waals surface area contributed by atoms with Crippen molar-refractivity contribution < 1.29 is 4.79 Å². The number of rotatable bonds is 4. The third-order valence-corrected chi connectivity index (χ3v) is 10.1. The fourth-order valence-corrected chi connectivity index (χ4v) is 8.19. The Balaban J connectivity index is 1.44. The highest BCUT2D eigenvalue weighted by atomic mass is 32.9. The van der Waals surface area contributed by atoms with Gasteiger partial charge in [-0.05, 0) is 39.0 Å². The number of para-hydroxylation sites is 1. The molecule has 0 spiro atoms. The van der Waals surface area contributed by atoms with E-state index >= 15 is 0 Å². The van der Waals surface area contributed by atoms with E-state index in [0.717, 1.165) is 42.8 Å². The summed E-state index contributed by atoms with van der Waals surface area (Å²) in [6, 6.07) is 13.1. The van der Waals surface area contributed by atoms with Gasteiger partial charge in [-0.25, -0.2) is 0 Å². The number of thioether (sulfide) groups is 1. The minimum atomic E-state index is -0.568. The molecule has 1 aliphatic heterocycles. The maximum Gasteiger partial charge on any atom is 0.278 e. The Hall–Kier alpha value is -2.86. The average molecular weight is 540 g/mol. The molecule has 2 aromatic heterocycles. The van der Waals surface area contributed by atoms with Crippen LogP contribution in [0.5, 0.6) is 0 Å². The van der Waals surface area contributed by atoms with Crippen LogP contribution >= 0.6 is 44.7 Å². The third kappa shape index (κ3) is 4.12. The Morgan fingerprint density at radius 1 is 1.17 bits per heavy atom. The number of aromatic nitrogens is 3. The van der Waals surface area contributed by atoms with Gasteiger partial charge in [0.2, 0.25) is 5.91 Å². The molecule has 0 saturated heterocycles. The second kappa shape index (κ2) is 8.98. The predicted octanol–water partition coefficient (Wildman–Crippen LogP) is 5.62. The molecular weight excluding hydrogens is 519 g/mol. The van der Waals surface area contributed by atoms with Gasteiger partial charge in [-0.3, -0.25) is 14.6 Å². The molecule has 0 atom stereocenters. The number of benzene rings is 2. The minimum Gasteiger partial charge on any atom is -0.398 e. The summed E-state index contributed by atoms with van der Waals surface area (Å²) in [5, 5.41) is 8.48. The maximum atomic E-state index is 13.6. The van der Waals surface area contributed by atoms with E-state index in [1.807, 2.05) is 37.8 Å². The van der Waals surface area contributed by atoms with E-state index in [0.29, 0.717) is 11.3 Å². The highest BCUT2D eigenvalue weighted by Gasteiger charge is 2.42. The summed E-state index contributed by atoms with van der Waals surface area (Å²) in [5.41, 5.74) is 10.1. The van der Waals surface area contributed by atoms with Gasteiger partial charge in [0.05, 0.1) is 21.9 Å². The Kier molecular flexibility index (Phi) is 6.12. The van der Waals surface area contributed by atoms with Gasteiger partial charge in [-0.15, -0.1) is 10.2 Å². The van der Waals surface area contributed by atoms with Crippen LogP contribution in [0.3, 0.4) is 0 Å². The number of nitrogen functional groups attached to an aromatic ring is 1. The number of nitrogens with one attached hydrogen (secondary N) is 1. The number of hydrogen-bond donors (Lipinski definition) is 2. The largest absolute Gasteiger partial charge is 0.398 e. The first kappa shape index (κ1) is 23.9. The first-order valence-corrected chi connectivity index (χ1v) is 14.2. The zero-order valence-corrected chi connectivity index (χ0v) is 22.4. The van der Waals surface area contributed by atoms with Crippen molar-refractivity contribution in [3.63, 3.8) is 0 Å². The van der Waals surface area contributed by atoms with Crippen LogP contribution < -0.4 is 16.2 Å². The van der Waals surface area contributed by atoms with Crippen molar-refractivity contribution in [3.8, 4) is 22.4 Å². The molecule has 0 bridgehead atoms. The van der Waals surface area contributed by atoms with Crippen LogP contribution in [0.4, 0.5) is 11.4 Å². The van der Waals surface area contributed by atoms with Gasteiger partial charge >= 0.3 is 0 Å². The van der Waals surface area contributed by atoms with Gasteiger partial charge in [-0.2, -0.15) is 0 Å². The minimum absolute atomic E-state index is 0.0824. The van der Waals surface area contributed by atoms with Crippen LogP contribution in [0.2, 0.25) is 0 Å². The van der Waals surface area contributed by atoms with Gasteiger partial charge in [0.1, 0.15) is 3.82 Å². The van der Waals surface area contributed by atoms with Crippen LogP contribution in [0.15, 0.2) is 52.4 Å². The molecule has 0 saturated carbocycles. The predicted molar refractivity (Wildman–Crippen MR) is 147 cm³/mol. The molecule has 4 aromatic rings. The number of hydrogen-bond acceptors (Lipinski definition) is 9. The van der Waals surface area contributed by atoms with Gasteiger partial charge in [0, 0.05) is 22.4 Å². The number of amides is 1. The van der Waals surface area contributed by atoms with Crippen molar-refractivity contribution in [2.45, 2.75) is 31.5 Å². The summed E-state index contributed by atoms with van der Waals surface area (Å²) in [6.07, 6.45) is 0. The quantitative estimate of drug-likeness (QED) is 0.150. The van der Waals surface area contributed by atoms with E-state index in [-0.39, 0.29) is 22.5 Å². The zero-order chi connectivity index (χ0) is 24.9. The smallest absolute Gasteiger partial charge is 0.278 e. The molecule has 2 aromatic carbocycles. The number of H-pyrrole nitrogens is 1. The Morgan fingerprint density at radius 3 is 2.69 bits per heavy atom. The monoisotopic (exact) mass is 539 g/mol. The summed E-state index contributed by atoms with van der Waals surface area (Å²) in [4.78, 5) is 31.9. The second-order valence-electron chi connectivity index (χ2n) is 8.65. The molecule has 1 aliphatic rings. The molecule has 3 N–H and O–H groups in total. The normalized spacial score (nSPS) is 13.9. The molecule has 0 unspecified atom stereocenters. The number of fused-ring (bicyclic) bond motifs is 3. The van der Waals surface area contributed by atoms with Gasteiger partial charge in [0.25, 0.3) is 5.56 Å². The average Bonchev–Trinajstić information content (AvgIpc) is 3.21. The van der Waals surface area contributed by atoms with Crippen LogP contribution in [-0.2, 0) is 10.3 Å². The Bertz CT molecular complexity index is 1590. The van der Waals surface area contributed by atoms with Crippen molar-refractivity contribution in [1.29, 1.82) is 0 Å². The summed E-state index contributed by atoms with van der Waals surface area (Å²) in [7, 11) is 3.19. The maximum absolute atomic E-state index is 13.6. The molecule has 11 heteroatoms. The second-order valence-corrected chi connectivity index (χ2v) is 12.4. The lowest BCUT2D eigenvalue weighted by molar-refractivity contribution is -0.117. The lowest BCUT2D eigenvalue weighted by Crippen LogP contribution is -2.48. The van der Waals surface area contributed by atoms with Crippen molar-refractivity contribution in [2.24, 2.45) is 0 Å². The number of nitrogens with zero attached hydrogens (tertiary/aromatic N) is 3. The van der Waals surface area contributed by atoms with E-state index in [2.05, 4.69) is 21.2 Å². The number of aromatic amines is 1. The van der Waals surface area contributed by atoms with Crippen LogP contribution in [0.25, 0.3) is 22.4 Å². The third-order valence-electron chi connectivity index (χ3n) is 5.88. The van der Waals surface area contributed by atoms with E-state index in [4.69, 9.17) is 18.0 Å². The summed E-state index contributed by atoms with van der Waals surface area (Å²) < 4.78 is 0.846. The van der Waals surface area contributed by atoms with E-state index in [1.54, 1.807) is 44.9 Å². The highest BCUT2D eigenvalue weighted by molar-refractivity contribution is 7.99. The van der Waals surface area contributed by atoms with Crippen LogP contribution in [0.1, 0.15) is 24.3 Å². The summed E-state index contributed by atoms with van der Waals surface area (Å²) in [5.74, 6) is -0.0157. The molecule has 35 heavy (non-hydrogen) atoms. The molecule has 1 amide bonds. The van der Waals surface area contributed by atoms with Crippen molar-refractivity contribution in [2.75, 3.05) is 16.4 Å². The van der Waals surface area contributed by atoms with E-state index in [1.165, 1.54) is 0 Å². The molecule has 0 aliphatic carbocycles. The molecule has 178 valence electrons. The number of nitrogens with two attached hydrogens (primary N) is 1. The SMILES string of the molecule is Cc1ccc2c(c1)-c1c(ssc1=S)C(C)(C)N2C(=O)CSc1nnc(-c2ccccc2N)c(=O)[nH]1. The van der Waals surface area contributed by atoms with Gasteiger partial charge in [-0.1, -0.05) is 74.5 Å². The topological polar surface area (TPSA) is 105 Å². The standard InChI is InChI=1S/C24H21N5O2S4/c1-12-8-9-16-14(10-12)18-20(34-35-22(18)32)24(2,3)29(16)17(30)11-33-23-26-21(31)19(27-28-23)13-6-4-5-7-15(13)25/h4-10H,11,25H2,1-3H3,(H,26,28,31). The Morgan fingerprint density at radius 2 is 1.94 bits per heavy atom. The highest BCUT2D eigenvalue weighted by Crippen LogP contribution is 2.52. The lowest BCUT2D eigenvalue weighted by Gasteiger charge is -2.43. The zero-order valence-electron chi connectivity index (χ0n) is 19.1. The molecule has 5 rings (SSSR count). The van der Waals surface area contributed by atoms with Crippen molar-refractivity contribution in [3.05, 3.63) is 67.1 Å². The van der Waals surface area contributed by atoms with Gasteiger partial charge in [0.15, 0.2) is 10.9 Å². The molecule has 3 heterocycles. The van der Waals surface area contributed by atoms with Crippen molar-refractivity contribution in [1.82, 2.24) is 15.2 Å². The van der Waals surface area contributed by atoms with E-state index in [9.17, 15) is 9.59 Å². The fraction of sp³-hybridized carbons (Fsp3) is 0.208. The first-order chi connectivity index (χ1) is 16.7. The molecular formula is C24H21N5O2S4. The van der Waals surface area contributed by atoms with Crippen molar-refractivity contribution >= 4 is 61.9 Å². The lowest BCUT2D eigenvalue weighted by atomic mass is 9.87. The number of carbonyl (C=O) groups is 1. The molecule has 0 fully saturated rings. The number of aryl methyl sites for hydroxylation is 1. The summed E-state index contributed by atoms with van der Waals surface area (Å²) in [6.45, 7) is 6.11. The number of anilines is 2. The number of carbonyl (C=O) groups excluding carboxylic acids is 1. The fourth-order valence-electron chi connectivity index (χ4n) is 4.26.